The van der Waals surface area contributed by atoms with Crippen LogP contribution in [0.4, 0.5) is 11.5 Å². The number of hydrogen-bond donors (Lipinski definition) is 2. The Morgan fingerprint density at radius 1 is 1.29 bits per heavy atom. The molecule has 2 N–H and O–H groups in total. The highest BCUT2D eigenvalue weighted by molar-refractivity contribution is 9.10. The first-order valence-corrected chi connectivity index (χ1v) is 10.3. The number of aromatic nitrogens is 2. The van der Waals surface area contributed by atoms with Gasteiger partial charge in [0.15, 0.2) is 10.9 Å². The first-order chi connectivity index (χ1) is 13.4. The van der Waals surface area contributed by atoms with Crippen LogP contribution in [0.25, 0.3) is 10.7 Å². The van der Waals surface area contributed by atoms with Gasteiger partial charge in [0.2, 0.25) is 0 Å². The van der Waals surface area contributed by atoms with E-state index in [0.717, 1.165) is 49.2 Å². The van der Waals surface area contributed by atoms with Crippen molar-refractivity contribution < 1.29 is 14.6 Å². The normalized spacial score (nSPS) is 10.7. The molecule has 8 heteroatoms. The fourth-order valence-corrected chi connectivity index (χ4v) is 4.44. The van der Waals surface area contributed by atoms with Crippen molar-refractivity contribution in [2.75, 3.05) is 12.4 Å². The molecule has 6 nitrogen and oxygen atoms in total. The van der Waals surface area contributed by atoms with Gasteiger partial charge in [-0.05, 0) is 53.0 Å². The van der Waals surface area contributed by atoms with E-state index in [1.165, 1.54) is 11.3 Å². The Hall–Kier alpha value is -2.45. The summed E-state index contributed by atoms with van der Waals surface area (Å²) in [5, 5.41) is 13.0. The Bertz CT molecular complexity index is 1000. The van der Waals surface area contributed by atoms with E-state index in [-0.39, 0.29) is 6.42 Å². The summed E-state index contributed by atoms with van der Waals surface area (Å²) < 4.78 is 6.22. The Morgan fingerprint density at radius 2 is 2.00 bits per heavy atom. The summed E-state index contributed by atoms with van der Waals surface area (Å²) in [4.78, 5) is 21.2. The summed E-state index contributed by atoms with van der Waals surface area (Å²) in [6, 6.07) is 9.28. The number of ether oxygens (including phenoxy) is 1. The second kappa shape index (κ2) is 8.70. The molecule has 3 aromatic rings. The van der Waals surface area contributed by atoms with Gasteiger partial charge < -0.3 is 15.2 Å². The first kappa shape index (κ1) is 20.3. The summed E-state index contributed by atoms with van der Waals surface area (Å²) in [6.45, 7) is 4.04. The molecule has 3 rings (SSSR count). The number of carboxylic acid groups (broad SMARTS) is 1. The third-order valence-corrected chi connectivity index (χ3v) is 6.14. The molecule has 0 aliphatic carbocycles. The smallest absolute Gasteiger partial charge is 0.307 e. The zero-order valence-corrected chi connectivity index (χ0v) is 18.1. The monoisotopic (exact) mass is 461 g/mol. The number of aliphatic carboxylic acids is 1. The van der Waals surface area contributed by atoms with E-state index in [4.69, 9.17) is 14.8 Å². The number of carboxylic acids is 1. The highest BCUT2D eigenvalue weighted by Gasteiger charge is 2.16. The Morgan fingerprint density at radius 3 is 2.57 bits per heavy atom. The number of carbonyl (C=O) groups is 1. The number of anilines is 2. The van der Waals surface area contributed by atoms with Gasteiger partial charge in [0.25, 0.3) is 0 Å². The van der Waals surface area contributed by atoms with E-state index in [0.29, 0.717) is 5.82 Å². The Balaban J connectivity index is 1.95. The van der Waals surface area contributed by atoms with E-state index in [1.807, 2.05) is 25.1 Å². The predicted octanol–water partition coefficient (Wildman–Crippen LogP) is 5.22. The zero-order valence-electron chi connectivity index (χ0n) is 15.7. The van der Waals surface area contributed by atoms with E-state index in [9.17, 15) is 4.79 Å². The lowest BCUT2D eigenvalue weighted by Gasteiger charge is -2.14. The predicted molar refractivity (Wildman–Crippen MR) is 115 cm³/mol. The van der Waals surface area contributed by atoms with Crippen LogP contribution in [-0.2, 0) is 17.6 Å². The van der Waals surface area contributed by atoms with Crippen molar-refractivity contribution in [1.29, 1.82) is 0 Å². The maximum Gasteiger partial charge on any atom is 0.307 e. The van der Waals surface area contributed by atoms with Crippen LogP contribution in [0.5, 0.6) is 5.06 Å². The first-order valence-electron chi connectivity index (χ1n) is 8.70. The molecule has 0 aliphatic heterocycles. The average Bonchev–Trinajstić information content (AvgIpc) is 3.03. The fraction of sp³-hybridized carbons (Fsp3) is 0.250. The quantitative estimate of drug-likeness (QED) is 0.501. The number of thiophene rings is 1. The van der Waals surface area contributed by atoms with Crippen molar-refractivity contribution in [2.24, 2.45) is 0 Å². The van der Waals surface area contributed by atoms with E-state index < -0.39 is 5.97 Å². The highest BCUT2D eigenvalue weighted by atomic mass is 79.9. The van der Waals surface area contributed by atoms with Crippen molar-refractivity contribution in [3.63, 3.8) is 0 Å². The van der Waals surface area contributed by atoms with E-state index in [1.54, 1.807) is 19.2 Å². The lowest BCUT2D eigenvalue weighted by molar-refractivity contribution is -0.136. The second-order valence-electron chi connectivity index (χ2n) is 6.16. The van der Waals surface area contributed by atoms with Gasteiger partial charge in [-0.2, -0.15) is 0 Å². The molecule has 2 aromatic heterocycles. The maximum atomic E-state index is 10.8. The van der Waals surface area contributed by atoms with Crippen molar-refractivity contribution in [3.05, 3.63) is 51.6 Å². The third-order valence-electron chi connectivity index (χ3n) is 4.20. The minimum absolute atomic E-state index is 0.00629. The lowest BCUT2D eigenvalue weighted by atomic mass is 10.1. The van der Waals surface area contributed by atoms with E-state index >= 15 is 0 Å². The van der Waals surface area contributed by atoms with Gasteiger partial charge in [-0.3, -0.25) is 4.79 Å². The molecule has 0 radical (unpaired) electrons. The van der Waals surface area contributed by atoms with Gasteiger partial charge in [0.1, 0.15) is 5.82 Å². The number of halogens is 1. The lowest BCUT2D eigenvalue weighted by Crippen LogP contribution is -2.05. The van der Waals surface area contributed by atoms with Gasteiger partial charge in [0.05, 0.1) is 22.9 Å². The molecule has 0 saturated heterocycles. The Labute approximate surface area is 175 Å². The molecule has 0 spiro atoms. The van der Waals surface area contributed by atoms with Crippen LogP contribution in [0.3, 0.4) is 0 Å². The van der Waals surface area contributed by atoms with Gasteiger partial charge in [0, 0.05) is 16.9 Å². The van der Waals surface area contributed by atoms with Gasteiger partial charge in [-0.1, -0.05) is 30.4 Å². The van der Waals surface area contributed by atoms with Crippen molar-refractivity contribution in [1.82, 2.24) is 9.97 Å². The number of methoxy groups -OCH3 is 1. The van der Waals surface area contributed by atoms with Crippen LogP contribution >= 0.6 is 27.3 Å². The molecular formula is C20H20BrN3O3S. The van der Waals surface area contributed by atoms with Crippen LogP contribution in [0.1, 0.15) is 23.7 Å². The van der Waals surface area contributed by atoms with Crippen molar-refractivity contribution >= 4 is 44.7 Å². The topological polar surface area (TPSA) is 84.3 Å². The van der Waals surface area contributed by atoms with E-state index in [2.05, 4.69) is 33.2 Å². The molecular weight excluding hydrogens is 442 g/mol. The third kappa shape index (κ3) is 4.51. The van der Waals surface area contributed by atoms with Crippen molar-refractivity contribution in [3.8, 4) is 15.8 Å². The zero-order chi connectivity index (χ0) is 20.3. The summed E-state index contributed by atoms with van der Waals surface area (Å²) in [5.74, 6) is 0.538. The Kier molecular flexibility index (Phi) is 6.31. The molecule has 0 bridgehead atoms. The SMILES string of the molecule is CCc1c(C)nc(-c2cc(Br)c(OC)s2)nc1Nc1ccc(CC(=O)O)cc1. The average molecular weight is 462 g/mol. The molecule has 0 aliphatic rings. The molecule has 2 heterocycles. The molecule has 1 aromatic carbocycles. The number of aryl methyl sites for hydroxylation is 1. The van der Waals surface area contributed by atoms with Crippen LogP contribution < -0.4 is 10.1 Å². The van der Waals surface area contributed by atoms with Crippen molar-refractivity contribution in [2.45, 2.75) is 26.7 Å². The standard InChI is InChI=1S/C20H20BrN3O3S/c1-4-14-11(2)22-19(16-10-15(21)20(27-3)28-16)24-18(14)23-13-7-5-12(6-8-13)9-17(25)26/h5-8,10H,4,9H2,1-3H3,(H,25,26)(H,22,23,24). The fourth-order valence-electron chi connectivity index (χ4n) is 2.85. The summed E-state index contributed by atoms with van der Waals surface area (Å²) in [5.41, 5.74) is 3.56. The number of rotatable bonds is 7. The van der Waals surface area contributed by atoms with Gasteiger partial charge in [-0.15, -0.1) is 0 Å². The summed E-state index contributed by atoms with van der Waals surface area (Å²) in [7, 11) is 1.63. The number of hydrogen-bond acceptors (Lipinski definition) is 6. The summed E-state index contributed by atoms with van der Waals surface area (Å²) >= 11 is 4.97. The molecule has 0 unspecified atom stereocenters. The number of nitrogens with zero attached hydrogens (tertiary/aromatic N) is 2. The summed E-state index contributed by atoms with van der Waals surface area (Å²) in [6.07, 6.45) is 0.801. The highest BCUT2D eigenvalue weighted by Crippen LogP contribution is 2.39. The van der Waals surface area contributed by atoms with Gasteiger partial charge in [-0.25, -0.2) is 9.97 Å². The van der Waals surface area contributed by atoms with Gasteiger partial charge >= 0.3 is 5.97 Å². The molecule has 0 atom stereocenters. The number of nitrogens with one attached hydrogen (secondary N) is 1. The molecule has 146 valence electrons. The van der Waals surface area contributed by atoms with Crippen LogP contribution in [0, 0.1) is 6.92 Å². The van der Waals surface area contributed by atoms with Crippen LogP contribution in [0.2, 0.25) is 0 Å². The van der Waals surface area contributed by atoms with Crippen LogP contribution in [-0.4, -0.2) is 28.2 Å². The van der Waals surface area contributed by atoms with Crippen LogP contribution in [0.15, 0.2) is 34.8 Å². The molecule has 0 amide bonds. The molecule has 28 heavy (non-hydrogen) atoms. The second-order valence-corrected chi connectivity index (χ2v) is 8.03. The number of benzene rings is 1. The molecule has 0 saturated carbocycles. The largest absolute Gasteiger partial charge is 0.486 e. The molecule has 0 fully saturated rings. The maximum absolute atomic E-state index is 10.8. The minimum Gasteiger partial charge on any atom is -0.486 e. The minimum atomic E-state index is -0.845.